The minimum Gasteiger partial charge on any atom is -0.493 e. The Morgan fingerprint density at radius 2 is 1.59 bits per heavy atom. The van der Waals surface area contributed by atoms with Crippen molar-refractivity contribution in [3.63, 3.8) is 0 Å². The van der Waals surface area contributed by atoms with Crippen LogP contribution < -0.4 is 24.2 Å². The number of ether oxygens (including phenoxy) is 3. The van der Waals surface area contributed by atoms with Crippen molar-refractivity contribution in [1.82, 2.24) is 5.32 Å². The first-order valence-corrected chi connectivity index (χ1v) is 9.93. The first-order valence-electron chi connectivity index (χ1n) is 8.45. The third-order valence-electron chi connectivity index (χ3n) is 3.93. The topological polar surface area (TPSA) is 120 Å². The summed E-state index contributed by atoms with van der Waals surface area (Å²) in [5.74, 6) is 0.254. The van der Waals surface area contributed by atoms with Gasteiger partial charge in [0.05, 0.1) is 24.8 Å². The molecule has 0 spiro atoms. The highest BCUT2D eigenvalue weighted by atomic mass is 32.2. The van der Waals surface area contributed by atoms with E-state index in [2.05, 4.69) is 10.0 Å². The molecule has 10 heteroatoms. The van der Waals surface area contributed by atoms with Crippen molar-refractivity contribution < 1.29 is 32.2 Å². The van der Waals surface area contributed by atoms with Gasteiger partial charge in [-0.3, -0.25) is 14.3 Å². The first kappa shape index (κ1) is 22.0. The van der Waals surface area contributed by atoms with Crippen LogP contribution in [0.4, 0.5) is 5.69 Å². The molecule has 0 unspecified atom stereocenters. The van der Waals surface area contributed by atoms with E-state index < -0.39 is 10.0 Å². The number of sulfonamides is 1. The quantitative estimate of drug-likeness (QED) is 0.592. The van der Waals surface area contributed by atoms with Gasteiger partial charge in [-0.15, -0.1) is 0 Å². The second kappa shape index (κ2) is 9.28. The van der Waals surface area contributed by atoms with Crippen molar-refractivity contribution in [3.8, 4) is 17.2 Å². The summed E-state index contributed by atoms with van der Waals surface area (Å²) in [6.07, 6.45) is 0. The van der Waals surface area contributed by atoms with E-state index in [1.165, 1.54) is 64.6 Å². The van der Waals surface area contributed by atoms with Crippen LogP contribution in [0.25, 0.3) is 0 Å². The smallest absolute Gasteiger partial charge is 0.261 e. The maximum atomic E-state index is 12.8. The molecule has 0 aliphatic carbocycles. The molecule has 0 aliphatic heterocycles. The van der Waals surface area contributed by atoms with Gasteiger partial charge < -0.3 is 19.5 Å². The summed E-state index contributed by atoms with van der Waals surface area (Å²) >= 11 is 0. The highest BCUT2D eigenvalue weighted by molar-refractivity contribution is 7.92. The average molecular weight is 422 g/mol. The minimum atomic E-state index is -4.00. The van der Waals surface area contributed by atoms with Crippen LogP contribution in [-0.2, 0) is 14.8 Å². The van der Waals surface area contributed by atoms with Crippen molar-refractivity contribution in [2.45, 2.75) is 11.8 Å². The molecule has 156 valence electrons. The third-order valence-corrected chi connectivity index (χ3v) is 5.31. The van der Waals surface area contributed by atoms with Gasteiger partial charge in [-0.05, 0) is 37.3 Å². The van der Waals surface area contributed by atoms with Crippen molar-refractivity contribution in [1.29, 1.82) is 0 Å². The number of rotatable bonds is 9. The second-order valence-electron chi connectivity index (χ2n) is 5.85. The maximum absolute atomic E-state index is 12.8. The predicted molar refractivity (Wildman–Crippen MR) is 106 cm³/mol. The molecule has 0 aliphatic rings. The average Bonchev–Trinajstić information content (AvgIpc) is 2.71. The van der Waals surface area contributed by atoms with Gasteiger partial charge in [0, 0.05) is 18.7 Å². The number of likely N-dealkylation sites (N-methyl/N-ethyl adjacent to an activating group) is 1. The fourth-order valence-electron chi connectivity index (χ4n) is 2.39. The van der Waals surface area contributed by atoms with E-state index in [0.717, 1.165) is 0 Å². The molecular formula is C19H22N2O7S. The molecule has 0 atom stereocenters. The monoisotopic (exact) mass is 422 g/mol. The van der Waals surface area contributed by atoms with Gasteiger partial charge in [-0.1, -0.05) is 0 Å². The molecule has 29 heavy (non-hydrogen) atoms. The van der Waals surface area contributed by atoms with Gasteiger partial charge in [0.15, 0.2) is 23.9 Å². The number of carbonyl (C=O) groups is 2. The molecule has 1 amide bonds. The number of methoxy groups -OCH3 is 2. The van der Waals surface area contributed by atoms with Gasteiger partial charge in [0.1, 0.15) is 5.75 Å². The Balaban J connectivity index is 2.31. The summed E-state index contributed by atoms with van der Waals surface area (Å²) in [7, 11) is 0.303. The van der Waals surface area contributed by atoms with Crippen LogP contribution in [-0.4, -0.2) is 48.0 Å². The molecule has 0 bridgehead atoms. The summed E-state index contributed by atoms with van der Waals surface area (Å²) in [6, 6.07) is 8.31. The molecule has 0 saturated carbocycles. The van der Waals surface area contributed by atoms with Crippen LogP contribution in [0.1, 0.15) is 17.3 Å². The number of carbonyl (C=O) groups excluding carboxylic acids is 2. The predicted octanol–water partition coefficient (Wildman–Crippen LogP) is 1.83. The van der Waals surface area contributed by atoms with Crippen LogP contribution in [0.5, 0.6) is 17.2 Å². The molecule has 2 aromatic rings. The van der Waals surface area contributed by atoms with Gasteiger partial charge in [-0.25, -0.2) is 8.42 Å². The zero-order valence-corrected chi connectivity index (χ0v) is 17.3. The first-order chi connectivity index (χ1) is 13.7. The lowest BCUT2D eigenvalue weighted by molar-refractivity contribution is -0.122. The SMILES string of the molecule is CNC(=O)COc1ccc(S(=O)(=O)Nc2cc(OC)c(OC)cc2C(C)=O)cc1. The van der Waals surface area contributed by atoms with E-state index in [-0.39, 0.29) is 40.2 Å². The van der Waals surface area contributed by atoms with Gasteiger partial charge in [-0.2, -0.15) is 0 Å². The Bertz CT molecular complexity index is 1000. The molecule has 9 nitrogen and oxygen atoms in total. The highest BCUT2D eigenvalue weighted by Gasteiger charge is 2.20. The standard InChI is InChI=1S/C19H22N2O7S/c1-12(22)15-9-17(26-3)18(27-4)10-16(15)21-29(24,25)14-7-5-13(6-8-14)28-11-19(23)20-2/h5-10,21H,11H2,1-4H3,(H,20,23). The fourth-order valence-corrected chi connectivity index (χ4v) is 3.47. The lowest BCUT2D eigenvalue weighted by Gasteiger charge is -2.15. The van der Waals surface area contributed by atoms with E-state index in [4.69, 9.17) is 14.2 Å². The Morgan fingerprint density at radius 3 is 2.10 bits per heavy atom. The summed E-state index contributed by atoms with van der Waals surface area (Å²) in [6.45, 7) is 1.13. The largest absolute Gasteiger partial charge is 0.493 e. The molecular weight excluding hydrogens is 400 g/mol. The Labute approximate surface area is 169 Å². The van der Waals surface area contributed by atoms with Crippen molar-refractivity contribution in [2.24, 2.45) is 0 Å². The molecule has 2 rings (SSSR count). The van der Waals surface area contributed by atoms with E-state index in [1.807, 2.05) is 0 Å². The molecule has 0 fully saturated rings. The number of hydrogen-bond acceptors (Lipinski definition) is 7. The molecule has 0 heterocycles. The number of ketones is 1. The number of benzene rings is 2. The zero-order valence-electron chi connectivity index (χ0n) is 16.4. The van der Waals surface area contributed by atoms with Crippen molar-refractivity contribution in [2.75, 3.05) is 32.6 Å². The molecule has 0 radical (unpaired) electrons. The Hall–Kier alpha value is -3.27. The maximum Gasteiger partial charge on any atom is 0.261 e. The molecule has 2 aromatic carbocycles. The van der Waals surface area contributed by atoms with Crippen LogP contribution in [0.15, 0.2) is 41.3 Å². The summed E-state index contributed by atoms with van der Waals surface area (Å²) in [4.78, 5) is 23.1. The summed E-state index contributed by atoms with van der Waals surface area (Å²) in [5, 5.41) is 2.41. The zero-order chi connectivity index (χ0) is 21.6. The van der Waals surface area contributed by atoms with Crippen molar-refractivity contribution >= 4 is 27.4 Å². The number of hydrogen-bond donors (Lipinski definition) is 2. The fraction of sp³-hybridized carbons (Fsp3) is 0.263. The van der Waals surface area contributed by atoms with Crippen LogP contribution >= 0.6 is 0 Å². The van der Waals surface area contributed by atoms with E-state index in [9.17, 15) is 18.0 Å². The van der Waals surface area contributed by atoms with Gasteiger partial charge >= 0.3 is 0 Å². The van der Waals surface area contributed by atoms with Crippen LogP contribution in [0, 0.1) is 0 Å². The second-order valence-corrected chi connectivity index (χ2v) is 7.53. The molecule has 0 aromatic heterocycles. The van der Waals surface area contributed by atoms with E-state index >= 15 is 0 Å². The van der Waals surface area contributed by atoms with Crippen molar-refractivity contribution in [3.05, 3.63) is 42.0 Å². The third kappa shape index (κ3) is 5.38. The van der Waals surface area contributed by atoms with E-state index in [0.29, 0.717) is 11.5 Å². The number of nitrogens with one attached hydrogen (secondary N) is 2. The van der Waals surface area contributed by atoms with E-state index in [1.54, 1.807) is 0 Å². The van der Waals surface area contributed by atoms with Gasteiger partial charge in [0.2, 0.25) is 0 Å². The van der Waals surface area contributed by atoms with Gasteiger partial charge in [0.25, 0.3) is 15.9 Å². The normalized spacial score (nSPS) is 10.8. The molecule has 0 saturated heterocycles. The summed E-state index contributed by atoms with van der Waals surface area (Å²) < 4.78 is 43.5. The Morgan fingerprint density at radius 1 is 1.00 bits per heavy atom. The van der Waals surface area contributed by atoms with Crippen LogP contribution in [0.3, 0.4) is 0 Å². The Kier molecular flexibility index (Phi) is 7.05. The number of anilines is 1. The lowest BCUT2D eigenvalue weighted by atomic mass is 10.1. The number of amides is 1. The summed E-state index contributed by atoms with van der Waals surface area (Å²) in [5.41, 5.74) is 0.201. The molecule has 2 N–H and O–H groups in total. The number of Topliss-reactive ketones (excluding diaryl/α,β-unsaturated/α-hetero) is 1. The minimum absolute atomic E-state index is 0.0471. The highest BCUT2D eigenvalue weighted by Crippen LogP contribution is 2.34. The lowest BCUT2D eigenvalue weighted by Crippen LogP contribution is -2.24. The van der Waals surface area contributed by atoms with Crippen LogP contribution in [0.2, 0.25) is 0 Å².